The van der Waals surface area contributed by atoms with Crippen LogP contribution in [0.1, 0.15) is 12.5 Å². The number of carbonyl (C=O) groups is 2. The fraction of sp³-hybridized carbons (Fsp3) is 0.0625. The van der Waals surface area contributed by atoms with Crippen LogP contribution in [0, 0.1) is 0 Å². The van der Waals surface area contributed by atoms with Crippen LogP contribution in [0.25, 0.3) is 0 Å². The van der Waals surface area contributed by atoms with Crippen molar-refractivity contribution in [2.75, 3.05) is 5.32 Å². The molecule has 0 bridgehead atoms. The Kier molecular flexibility index (Phi) is 5.90. The number of anilines is 1. The molecule has 7 heteroatoms. The lowest BCUT2D eigenvalue weighted by atomic mass is 10.1. The molecular formula is C16H13BrClN3O2. The van der Waals surface area contributed by atoms with Crippen molar-refractivity contribution < 1.29 is 9.59 Å². The predicted molar refractivity (Wildman–Crippen MR) is 94.6 cm³/mol. The van der Waals surface area contributed by atoms with E-state index in [9.17, 15) is 9.59 Å². The highest BCUT2D eigenvalue weighted by molar-refractivity contribution is 9.10. The average molecular weight is 395 g/mol. The van der Waals surface area contributed by atoms with Gasteiger partial charge in [0.15, 0.2) is 0 Å². The number of hydrazone groups is 1. The Bertz CT molecular complexity index is 743. The molecule has 2 aromatic carbocycles. The summed E-state index contributed by atoms with van der Waals surface area (Å²) in [6.45, 7) is 1.74. The number of rotatable bonds is 3. The molecule has 2 amide bonds. The van der Waals surface area contributed by atoms with Crippen molar-refractivity contribution in [2.45, 2.75) is 6.92 Å². The Balaban J connectivity index is 1.95. The van der Waals surface area contributed by atoms with Crippen LogP contribution in [0.5, 0.6) is 0 Å². The van der Waals surface area contributed by atoms with E-state index < -0.39 is 11.8 Å². The summed E-state index contributed by atoms with van der Waals surface area (Å²) < 4.78 is 0.945. The zero-order valence-electron chi connectivity index (χ0n) is 12.1. The summed E-state index contributed by atoms with van der Waals surface area (Å²) in [5, 5.41) is 6.92. The molecule has 5 nitrogen and oxygen atoms in total. The van der Waals surface area contributed by atoms with Crippen molar-refractivity contribution in [1.29, 1.82) is 0 Å². The van der Waals surface area contributed by atoms with Gasteiger partial charge in [0, 0.05) is 15.2 Å². The molecule has 0 atom stereocenters. The Morgan fingerprint density at radius 3 is 2.22 bits per heavy atom. The van der Waals surface area contributed by atoms with Gasteiger partial charge in [0.2, 0.25) is 0 Å². The molecule has 0 radical (unpaired) electrons. The number of hydrogen-bond acceptors (Lipinski definition) is 3. The summed E-state index contributed by atoms with van der Waals surface area (Å²) in [6, 6.07) is 13.9. The van der Waals surface area contributed by atoms with Gasteiger partial charge in [-0.3, -0.25) is 9.59 Å². The summed E-state index contributed by atoms with van der Waals surface area (Å²) >= 11 is 9.09. The largest absolute Gasteiger partial charge is 0.329 e. The lowest BCUT2D eigenvalue weighted by molar-refractivity contribution is -0.136. The summed E-state index contributed by atoms with van der Waals surface area (Å²) in [7, 11) is 0. The quantitative estimate of drug-likeness (QED) is 0.474. The number of carbonyl (C=O) groups excluding carboxylic acids is 2. The molecule has 0 aliphatic heterocycles. The maximum atomic E-state index is 11.8. The average Bonchev–Trinajstić information content (AvgIpc) is 2.55. The van der Waals surface area contributed by atoms with Crippen LogP contribution in [0.3, 0.4) is 0 Å². The summed E-state index contributed by atoms with van der Waals surface area (Å²) in [5.41, 5.74) is 4.13. The molecule has 2 aromatic rings. The van der Waals surface area contributed by atoms with E-state index >= 15 is 0 Å². The maximum absolute atomic E-state index is 11.8. The van der Waals surface area contributed by atoms with Gasteiger partial charge in [0.1, 0.15) is 0 Å². The smallest absolute Gasteiger partial charge is 0.318 e. The first-order chi connectivity index (χ1) is 11.0. The van der Waals surface area contributed by atoms with E-state index in [-0.39, 0.29) is 0 Å². The van der Waals surface area contributed by atoms with Crippen LogP contribution in [0.15, 0.2) is 58.1 Å². The Morgan fingerprint density at radius 1 is 1.00 bits per heavy atom. The minimum absolute atomic E-state index is 0.475. The van der Waals surface area contributed by atoms with Gasteiger partial charge in [-0.15, -0.1) is 0 Å². The van der Waals surface area contributed by atoms with E-state index in [1.807, 2.05) is 24.3 Å². The van der Waals surface area contributed by atoms with Crippen LogP contribution < -0.4 is 10.7 Å². The summed E-state index contributed by atoms with van der Waals surface area (Å²) in [4.78, 5) is 23.5. The fourth-order valence-electron chi connectivity index (χ4n) is 1.66. The first-order valence-electron chi connectivity index (χ1n) is 6.63. The molecule has 0 saturated carbocycles. The van der Waals surface area contributed by atoms with Gasteiger partial charge in [-0.05, 0) is 48.9 Å². The van der Waals surface area contributed by atoms with Gasteiger partial charge >= 0.3 is 11.8 Å². The van der Waals surface area contributed by atoms with Crippen LogP contribution >= 0.6 is 27.5 Å². The summed E-state index contributed by atoms with van der Waals surface area (Å²) in [6.07, 6.45) is 0. The van der Waals surface area contributed by atoms with Crippen LogP contribution in [-0.4, -0.2) is 17.5 Å². The fourth-order valence-corrected chi connectivity index (χ4v) is 2.05. The molecule has 0 spiro atoms. The topological polar surface area (TPSA) is 70.6 Å². The third kappa shape index (κ3) is 5.19. The summed E-state index contributed by atoms with van der Waals surface area (Å²) in [5.74, 6) is -1.66. The molecule has 0 saturated heterocycles. The first kappa shape index (κ1) is 17.2. The van der Waals surface area contributed by atoms with Crippen LogP contribution in [0.4, 0.5) is 5.69 Å². The number of amides is 2. The first-order valence-corrected chi connectivity index (χ1v) is 7.80. The molecule has 0 unspecified atom stereocenters. The minimum Gasteiger partial charge on any atom is -0.318 e. The molecule has 0 aliphatic carbocycles. The SMILES string of the molecule is C/C(=N\NC(=O)C(=O)Nc1ccc(Cl)cc1)c1ccc(Br)cc1. The van der Waals surface area contributed by atoms with Crippen LogP contribution in [-0.2, 0) is 9.59 Å². The number of nitrogens with zero attached hydrogens (tertiary/aromatic N) is 1. The Hall–Kier alpha value is -2.18. The molecule has 23 heavy (non-hydrogen) atoms. The van der Waals surface area contributed by atoms with Gasteiger partial charge in [-0.2, -0.15) is 5.10 Å². The third-order valence-electron chi connectivity index (χ3n) is 2.90. The molecule has 0 aromatic heterocycles. The normalized spacial score (nSPS) is 11.0. The number of benzene rings is 2. The second-order valence-corrected chi connectivity index (χ2v) is 5.96. The zero-order chi connectivity index (χ0) is 16.8. The number of nitrogens with one attached hydrogen (secondary N) is 2. The van der Waals surface area contributed by atoms with Crippen molar-refractivity contribution in [1.82, 2.24) is 5.43 Å². The van der Waals surface area contributed by atoms with Gasteiger partial charge in [-0.25, -0.2) is 5.43 Å². The van der Waals surface area contributed by atoms with Gasteiger partial charge < -0.3 is 5.32 Å². The zero-order valence-corrected chi connectivity index (χ0v) is 14.5. The van der Waals surface area contributed by atoms with Crippen molar-refractivity contribution in [3.8, 4) is 0 Å². The monoisotopic (exact) mass is 393 g/mol. The van der Waals surface area contributed by atoms with E-state index in [0.29, 0.717) is 16.4 Å². The highest BCUT2D eigenvalue weighted by atomic mass is 79.9. The second-order valence-electron chi connectivity index (χ2n) is 4.61. The molecule has 2 N–H and O–H groups in total. The van der Waals surface area contributed by atoms with Crippen molar-refractivity contribution in [3.05, 3.63) is 63.6 Å². The van der Waals surface area contributed by atoms with Gasteiger partial charge in [0.25, 0.3) is 0 Å². The van der Waals surface area contributed by atoms with Crippen LogP contribution in [0.2, 0.25) is 5.02 Å². The van der Waals surface area contributed by atoms with Crippen molar-refractivity contribution in [3.63, 3.8) is 0 Å². The minimum atomic E-state index is -0.851. The third-order valence-corrected chi connectivity index (χ3v) is 3.68. The van der Waals surface area contributed by atoms with E-state index in [0.717, 1.165) is 10.0 Å². The highest BCUT2D eigenvalue weighted by Gasteiger charge is 2.13. The molecule has 118 valence electrons. The second kappa shape index (κ2) is 7.89. The lowest BCUT2D eigenvalue weighted by Crippen LogP contribution is -2.32. The van der Waals surface area contributed by atoms with Crippen molar-refractivity contribution in [2.24, 2.45) is 5.10 Å². The van der Waals surface area contributed by atoms with Gasteiger partial charge in [0.05, 0.1) is 5.71 Å². The molecule has 0 heterocycles. The molecule has 0 aliphatic rings. The van der Waals surface area contributed by atoms with E-state index in [4.69, 9.17) is 11.6 Å². The molecular weight excluding hydrogens is 382 g/mol. The predicted octanol–water partition coefficient (Wildman–Crippen LogP) is 3.58. The lowest BCUT2D eigenvalue weighted by Gasteiger charge is -2.05. The number of halogens is 2. The molecule has 2 rings (SSSR count). The number of hydrogen-bond donors (Lipinski definition) is 2. The molecule has 0 fully saturated rings. The van der Waals surface area contributed by atoms with E-state index in [2.05, 4.69) is 31.8 Å². The van der Waals surface area contributed by atoms with E-state index in [1.165, 1.54) is 0 Å². The Morgan fingerprint density at radius 2 is 1.61 bits per heavy atom. The maximum Gasteiger partial charge on any atom is 0.329 e. The van der Waals surface area contributed by atoms with Crippen molar-refractivity contribution >= 4 is 50.7 Å². The van der Waals surface area contributed by atoms with Gasteiger partial charge in [-0.1, -0.05) is 39.7 Å². The highest BCUT2D eigenvalue weighted by Crippen LogP contribution is 2.13. The standard InChI is InChI=1S/C16H13BrClN3O2/c1-10(11-2-4-12(17)5-3-11)20-21-16(23)15(22)19-14-8-6-13(18)7-9-14/h2-9H,1H3,(H,19,22)(H,21,23)/b20-10+. The Labute approximate surface area is 146 Å². The van der Waals surface area contributed by atoms with E-state index in [1.54, 1.807) is 31.2 Å².